The molecule has 1 N–H and O–H groups in total. The highest BCUT2D eigenvalue weighted by Gasteiger charge is 2.25. The zero-order valence-corrected chi connectivity index (χ0v) is 16.6. The lowest BCUT2D eigenvalue weighted by Crippen LogP contribution is -2.24. The van der Waals surface area contributed by atoms with Gasteiger partial charge in [-0.15, -0.1) is 0 Å². The van der Waals surface area contributed by atoms with Gasteiger partial charge in [0.1, 0.15) is 11.6 Å². The molecule has 0 saturated carbocycles. The number of pyridine rings is 1. The summed E-state index contributed by atoms with van der Waals surface area (Å²) in [6.07, 6.45) is 1.77. The number of ether oxygens (including phenoxy) is 1. The summed E-state index contributed by atoms with van der Waals surface area (Å²) in [4.78, 5) is 25.0. The SMILES string of the molecule is CCCCOc1c(Cl)cc(C(=O)c2c(C)c(C#N)c(=O)n(C)c2O)cc1Cl. The van der Waals surface area contributed by atoms with Crippen molar-refractivity contribution in [3.05, 3.63) is 54.8 Å². The predicted molar refractivity (Wildman–Crippen MR) is 103 cm³/mol. The molecule has 1 aromatic carbocycles. The second kappa shape index (κ2) is 8.47. The number of aromatic hydroxyl groups is 1. The summed E-state index contributed by atoms with van der Waals surface area (Å²) >= 11 is 12.4. The number of nitrogens with zero attached hydrogens (tertiary/aromatic N) is 2. The van der Waals surface area contributed by atoms with Crippen LogP contribution in [0, 0.1) is 18.3 Å². The van der Waals surface area contributed by atoms with Crippen molar-refractivity contribution in [3.63, 3.8) is 0 Å². The first kappa shape index (κ1) is 20.8. The predicted octanol–water partition coefficient (Wildman–Crippen LogP) is 3.99. The fourth-order valence-corrected chi connectivity index (χ4v) is 3.18. The number of carbonyl (C=O) groups is 1. The summed E-state index contributed by atoms with van der Waals surface area (Å²) < 4.78 is 6.41. The van der Waals surface area contributed by atoms with E-state index in [0.717, 1.165) is 17.4 Å². The van der Waals surface area contributed by atoms with Crippen molar-refractivity contribution >= 4 is 29.0 Å². The third-order valence-electron chi connectivity index (χ3n) is 4.15. The molecule has 0 radical (unpaired) electrons. The van der Waals surface area contributed by atoms with Gasteiger partial charge in [-0.3, -0.25) is 14.2 Å². The normalized spacial score (nSPS) is 10.5. The molecule has 27 heavy (non-hydrogen) atoms. The molecule has 6 nitrogen and oxygen atoms in total. The summed E-state index contributed by atoms with van der Waals surface area (Å²) in [5.74, 6) is -0.861. The Morgan fingerprint density at radius 1 is 1.33 bits per heavy atom. The van der Waals surface area contributed by atoms with Crippen LogP contribution in [-0.4, -0.2) is 22.1 Å². The molecule has 0 atom stereocenters. The van der Waals surface area contributed by atoms with Crippen molar-refractivity contribution in [2.75, 3.05) is 6.61 Å². The molecule has 2 aromatic rings. The van der Waals surface area contributed by atoms with Crippen LogP contribution in [-0.2, 0) is 7.05 Å². The van der Waals surface area contributed by atoms with Crippen LogP contribution >= 0.6 is 23.2 Å². The first-order chi connectivity index (χ1) is 12.7. The average molecular weight is 409 g/mol. The lowest BCUT2D eigenvalue weighted by atomic mass is 9.97. The maximum absolute atomic E-state index is 13.0. The number of hydrogen-bond acceptors (Lipinski definition) is 5. The van der Waals surface area contributed by atoms with Gasteiger partial charge in [-0.25, -0.2) is 0 Å². The molecule has 2 rings (SSSR count). The zero-order valence-electron chi connectivity index (χ0n) is 15.1. The fraction of sp³-hybridized carbons (Fsp3) is 0.316. The van der Waals surface area contributed by atoms with Crippen molar-refractivity contribution in [2.45, 2.75) is 26.7 Å². The number of unbranched alkanes of at least 4 members (excludes halogenated alkanes) is 1. The minimum Gasteiger partial charge on any atom is -0.494 e. The van der Waals surface area contributed by atoms with Crippen molar-refractivity contribution in [3.8, 4) is 17.7 Å². The number of benzene rings is 1. The van der Waals surface area contributed by atoms with E-state index in [1.54, 1.807) is 6.07 Å². The largest absolute Gasteiger partial charge is 0.494 e. The van der Waals surface area contributed by atoms with Crippen LogP contribution in [0.2, 0.25) is 10.0 Å². The van der Waals surface area contributed by atoms with E-state index in [0.29, 0.717) is 6.61 Å². The summed E-state index contributed by atoms with van der Waals surface area (Å²) in [5.41, 5.74) is -0.844. The van der Waals surface area contributed by atoms with Crippen molar-refractivity contribution in [2.24, 2.45) is 7.05 Å². The second-order valence-electron chi connectivity index (χ2n) is 5.97. The third-order valence-corrected chi connectivity index (χ3v) is 4.71. The molecule has 0 aliphatic rings. The molecule has 0 unspecified atom stereocenters. The van der Waals surface area contributed by atoms with Crippen LogP contribution < -0.4 is 10.3 Å². The summed E-state index contributed by atoms with van der Waals surface area (Å²) in [7, 11) is 1.28. The van der Waals surface area contributed by atoms with Crippen LogP contribution in [0.1, 0.15) is 46.8 Å². The van der Waals surface area contributed by atoms with Gasteiger partial charge in [0.15, 0.2) is 11.5 Å². The molecule has 0 amide bonds. The van der Waals surface area contributed by atoms with Crippen LogP contribution in [0.25, 0.3) is 0 Å². The molecule has 0 spiro atoms. The van der Waals surface area contributed by atoms with Gasteiger partial charge in [-0.1, -0.05) is 36.5 Å². The van der Waals surface area contributed by atoms with Gasteiger partial charge in [0.25, 0.3) is 5.56 Å². The fourth-order valence-electron chi connectivity index (χ4n) is 2.58. The van der Waals surface area contributed by atoms with Crippen LogP contribution in [0.5, 0.6) is 11.6 Å². The molecule has 0 saturated heterocycles. The first-order valence-electron chi connectivity index (χ1n) is 8.23. The molecule has 142 valence electrons. The molecule has 0 bridgehead atoms. The lowest BCUT2D eigenvalue weighted by Gasteiger charge is -2.14. The number of hydrogen-bond donors (Lipinski definition) is 1. The Morgan fingerprint density at radius 3 is 2.44 bits per heavy atom. The smallest absolute Gasteiger partial charge is 0.271 e. The standard InChI is InChI=1S/C19H18Cl2N2O4/c1-4-5-6-27-17-13(20)7-11(8-14(17)21)16(24)15-10(2)12(9-22)18(25)23(3)19(15)26/h7-8,26H,4-6H2,1-3H3. The molecular formula is C19H18Cl2N2O4. The van der Waals surface area contributed by atoms with E-state index < -0.39 is 17.2 Å². The molecule has 1 aromatic heterocycles. The number of aromatic nitrogens is 1. The number of halogens is 2. The van der Waals surface area contributed by atoms with Crippen molar-refractivity contribution in [1.29, 1.82) is 5.26 Å². The Bertz CT molecular complexity index is 983. The van der Waals surface area contributed by atoms with Gasteiger partial charge in [-0.2, -0.15) is 5.26 Å². The Kier molecular flexibility index (Phi) is 6.53. The Morgan fingerprint density at radius 2 is 1.93 bits per heavy atom. The number of carbonyl (C=O) groups excluding carboxylic acids is 1. The number of nitriles is 1. The van der Waals surface area contributed by atoms with Gasteiger partial charge in [-0.05, 0) is 31.0 Å². The van der Waals surface area contributed by atoms with E-state index in [9.17, 15) is 20.0 Å². The van der Waals surface area contributed by atoms with E-state index in [1.165, 1.54) is 26.1 Å². The van der Waals surface area contributed by atoms with E-state index in [-0.39, 0.29) is 38.0 Å². The summed E-state index contributed by atoms with van der Waals surface area (Å²) in [6, 6.07) is 4.53. The molecule has 0 aliphatic carbocycles. The van der Waals surface area contributed by atoms with E-state index in [1.807, 2.05) is 6.92 Å². The molecule has 1 heterocycles. The van der Waals surface area contributed by atoms with Crippen molar-refractivity contribution in [1.82, 2.24) is 4.57 Å². The molecule has 0 fully saturated rings. The second-order valence-corrected chi connectivity index (χ2v) is 6.79. The zero-order chi connectivity index (χ0) is 20.3. The van der Waals surface area contributed by atoms with Crippen LogP contribution in [0.4, 0.5) is 0 Å². The molecule has 8 heteroatoms. The quantitative estimate of drug-likeness (QED) is 0.576. The first-order valence-corrected chi connectivity index (χ1v) is 8.99. The molecular weight excluding hydrogens is 391 g/mol. The highest BCUT2D eigenvalue weighted by atomic mass is 35.5. The van der Waals surface area contributed by atoms with Crippen LogP contribution in [0.15, 0.2) is 16.9 Å². The highest BCUT2D eigenvalue weighted by molar-refractivity contribution is 6.38. The average Bonchev–Trinajstić information content (AvgIpc) is 2.62. The maximum atomic E-state index is 13.0. The van der Waals surface area contributed by atoms with Gasteiger partial charge >= 0.3 is 0 Å². The Balaban J connectivity index is 2.56. The lowest BCUT2D eigenvalue weighted by molar-refractivity contribution is 0.103. The van der Waals surface area contributed by atoms with E-state index in [4.69, 9.17) is 27.9 Å². The summed E-state index contributed by atoms with van der Waals surface area (Å²) in [6.45, 7) is 3.89. The minimum absolute atomic E-state index is 0.0959. The van der Waals surface area contributed by atoms with Crippen LogP contribution in [0.3, 0.4) is 0 Å². The third kappa shape index (κ3) is 3.95. The van der Waals surface area contributed by atoms with E-state index >= 15 is 0 Å². The topological polar surface area (TPSA) is 92.3 Å². The Hall–Kier alpha value is -2.49. The van der Waals surface area contributed by atoms with Gasteiger partial charge in [0.2, 0.25) is 5.88 Å². The van der Waals surface area contributed by atoms with Gasteiger partial charge < -0.3 is 9.84 Å². The van der Waals surface area contributed by atoms with Gasteiger partial charge in [0.05, 0.1) is 22.2 Å². The summed E-state index contributed by atoms with van der Waals surface area (Å²) in [5, 5.41) is 19.8. The number of rotatable bonds is 6. The maximum Gasteiger partial charge on any atom is 0.271 e. The molecule has 0 aliphatic heterocycles. The Labute approximate surface area is 166 Å². The van der Waals surface area contributed by atoms with Crippen molar-refractivity contribution < 1.29 is 14.6 Å². The monoisotopic (exact) mass is 408 g/mol. The minimum atomic E-state index is -0.681. The van der Waals surface area contributed by atoms with E-state index in [2.05, 4.69) is 0 Å². The highest BCUT2D eigenvalue weighted by Crippen LogP contribution is 2.36. The van der Waals surface area contributed by atoms with Gasteiger partial charge in [0, 0.05) is 12.6 Å². The number of ketones is 1.